The maximum Gasteiger partial charge on any atom is 0.326 e. The average Bonchev–Trinajstić information content (AvgIpc) is 2.67. The highest BCUT2D eigenvalue weighted by atomic mass is 16.5. The lowest BCUT2D eigenvalue weighted by molar-refractivity contribution is -0.148. The van der Waals surface area contributed by atoms with Gasteiger partial charge in [0.15, 0.2) is 0 Å². The van der Waals surface area contributed by atoms with Gasteiger partial charge in [-0.2, -0.15) is 0 Å². The van der Waals surface area contributed by atoms with Gasteiger partial charge in [0.05, 0.1) is 17.1 Å². The van der Waals surface area contributed by atoms with Gasteiger partial charge in [0, 0.05) is 0 Å². The Labute approximate surface area is 111 Å². The van der Waals surface area contributed by atoms with Crippen molar-refractivity contribution in [1.29, 1.82) is 0 Å². The predicted molar refractivity (Wildman–Crippen MR) is 71.6 cm³/mol. The molecule has 19 heavy (non-hydrogen) atoms. The molecule has 1 heterocycles. The van der Waals surface area contributed by atoms with E-state index in [0.29, 0.717) is 5.82 Å². The van der Waals surface area contributed by atoms with Crippen LogP contribution in [-0.4, -0.2) is 26.7 Å². The van der Waals surface area contributed by atoms with E-state index < -0.39 is 6.10 Å². The second kappa shape index (κ2) is 5.40. The molecular formula is C14H18N2O3. The van der Waals surface area contributed by atoms with Crippen LogP contribution in [0.25, 0.3) is 11.0 Å². The lowest BCUT2D eigenvalue weighted by atomic mass is 10.3. The van der Waals surface area contributed by atoms with Gasteiger partial charge in [-0.15, -0.1) is 0 Å². The third-order valence-electron chi connectivity index (χ3n) is 2.71. The number of imidazole rings is 1. The first kappa shape index (κ1) is 13.5. The van der Waals surface area contributed by atoms with Crippen LogP contribution in [0.15, 0.2) is 24.3 Å². The van der Waals surface area contributed by atoms with E-state index in [4.69, 9.17) is 4.74 Å². The number of hydrogen-bond acceptors (Lipinski definition) is 4. The van der Waals surface area contributed by atoms with Gasteiger partial charge in [-0.25, -0.2) is 4.98 Å². The van der Waals surface area contributed by atoms with Crippen LogP contribution >= 0.6 is 0 Å². The summed E-state index contributed by atoms with van der Waals surface area (Å²) in [5.74, 6) is 0.141. The fraction of sp³-hybridized carbons (Fsp3) is 0.429. The fourth-order valence-electron chi connectivity index (χ4n) is 2.01. The minimum absolute atomic E-state index is 0.0545. The molecule has 0 aliphatic carbocycles. The minimum atomic E-state index is -0.737. The number of aliphatic hydroxyl groups is 1. The van der Waals surface area contributed by atoms with Gasteiger partial charge in [0.25, 0.3) is 0 Å². The smallest absolute Gasteiger partial charge is 0.326 e. The summed E-state index contributed by atoms with van der Waals surface area (Å²) in [7, 11) is 0. The van der Waals surface area contributed by atoms with Crippen molar-refractivity contribution in [3.05, 3.63) is 30.1 Å². The van der Waals surface area contributed by atoms with E-state index >= 15 is 0 Å². The summed E-state index contributed by atoms with van der Waals surface area (Å²) in [6.45, 7) is 5.30. The number of para-hydroxylation sites is 2. The normalized spacial score (nSPS) is 12.9. The topological polar surface area (TPSA) is 64.3 Å². The number of nitrogens with zero attached hydrogens (tertiary/aromatic N) is 2. The number of carbonyl (C=O) groups is 1. The van der Waals surface area contributed by atoms with Crippen molar-refractivity contribution < 1.29 is 14.6 Å². The number of esters is 1. The number of aliphatic hydroxyl groups excluding tert-OH is 1. The Kier molecular flexibility index (Phi) is 3.85. The highest BCUT2D eigenvalue weighted by Gasteiger charge is 2.17. The van der Waals surface area contributed by atoms with Crippen molar-refractivity contribution >= 4 is 17.0 Å². The van der Waals surface area contributed by atoms with Crippen molar-refractivity contribution in [1.82, 2.24) is 9.55 Å². The predicted octanol–water partition coefficient (Wildman–Crippen LogP) is 2.04. The van der Waals surface area contributed by atoms with Gasteiger partial charge in [0.2, 0.25) is 0 Å². The Hall–Kier alpha value is -1.88. The number of ether oxygens (including phenoxy) is 1. The van der Waals surface area contributed by atoms with E-state index in [1.54, 1.807) is 25.3 Å². The number of hydrogen-bond donors (Lipinski definition) is 1. The number of fused-ring (bicyclic) bond motifs is 1. The first-order chi connectivity index (χ1) is 8.99. The molecule has 1 aromatic heterocycles. The molecule has 5 nitrogen and oxygen atoms in total. The van der Waals surface area contributed by atoms with Gasteiger partial charge in [0.1, 0.15) is 18.5 Å². The van der Waals surface area contributed by atoms with Crippen molar-refractivity contribution in [2.45, 2.75) is 39.5 Å². The number of aromatic nitrogens is 2. The van der Waals surface area contributed by atoms with E-state index in [2.05, 4.69) is 4.98 Å². The first-order valence-electron chi connectivity index (χ1n) is 6.31. The standard InChI is InChI=1S/C14H18N2O3/c1-9(2)19-13(18)8-16-12-7-5-4-6-11(12)15-14(16)10(3)17/h4-7,9-10,17H,8H2,1-3H3. The van der Waals surface area contributed by atoms with Crippen molar-refractivity contribution in [3.8, 4) is 0 Å². The monoisotopic (exact) mass is 262 g/mol. The molecule has 0 aliphatic rings. The van der Waals surface area contributed by atoms with Crippen LogP contribution in [0.4, 0.5) is 0 Å². The van der Waals surface area contributed by atoms with Crippen LogP contribution in [0.2, 0.25) is 0 Å². The van der Waals surface area contributed by atoms with Crippen molar-refractivity contribution in [2.24, 2.45) is 0 Å². The van der Waals surface area contributed by atoms with Gasteiger partial charge in [-0.1, -0.05) is 12.1 Å². The molecule has 1 atom stereocenters. The molecule has 0 radical (unpaired) electrons. The highest BCUT2D eigenvalue weighted by Crippen LogP contribution is 2.20. The summed E-state index contributed by atoms with van der Waals surface area (Å²) < 4.78 is 6.84. The number of rotatable bonds is 4. The molecular weight excluding hydrogens is 244 g/mol. The van der Waals surface area contributed by atoms with Gasteiger partial charge < -0.3 is 14.4 Å². The van der Waals surface area contributed by atoms with E-state index in [1.807, 2.05) is 24.3 Å². The summed E-state index contributed by atoms with van der Waals surface area (Å²) in [5.41, 5.74) is 1.58. The van der Waals surface area contributed by atoms with E-state index in [0.717, 1.165) is 11.0 Å². The summed E-state index contributed by atoms with van der Waals surface area (Å²) in [5, 5.41) is 9.76. The Bertz CT molecular complexity index is 587. The summed E-state index contributed by atoms with van der Waals surface area (Å²) >= 11 is 0. The molecule has 0 saturated heterocycles. The molecule has 0 bridgehead atoms. The molecule has 1 aromatic carbocycles. The van der Waals surface area contributed by atoms with Crippen LogP contribution < -0.4 is 0 Å². The van der Waals surface area contributed by atoms with Crippen molar-refractivity contribution in [2.75, 3.05) is 0 Å². The van der Waals surface area contributed by atoms with Gasteiger partial charge in [-0.05, 0) is 32.9 Å². The van der Waals surface area contributed by atoms with Crippen LogP contribution in [0, 0.1) is 0 Å². The lowest BCUT2D eigenvalue weighted by Crippen LogP contribution is -2.19. The van der Waals surface area contributed by atoms with Crippen LogP contribution in [0.1, 0.15) is 32.7 Å². The summed E-state index contributed by atoms with van der Waals surface area (Å²) in [6.07, 6.45) is -0.892. The quantitative estimate of drug-likeness (QED) is 0.856. The van der Waals surface area contributed by atoms with Crippen LogP contribution in [0.3, 0.4) is 0 Å². The maximum absolute atomic E-state index is 11.8. The van der Waals surface area contributed by atoms with Gasteiger partial charge >= 0.3 is 5.97 Å². The number of benzene rings is 1. The fourth-order valence-corrected chi connectivity index (χ4v) is 2.01. The molecule has 0 aliphatic heterocycles. The average molecular weight is 262 g/mol. The number of carbonyl (C=O) groups excluding carboxylic acids is 1. The largest absolute Gasteiger partial charge is 0.462 e. The molecule has 5 heteroatoms. The zero-order valence-electron chi connectivity index (χ0n) is 11.3. The Morgan fingerprint density at radius 3 is 2.68 bits per heavy atom. The molecule has 102 valence electrons. The molecule has 0 fully saturated rings. The maximum atomic E-state index is 11.8. The summed E-state index contributed by atoms with van der Waals surface area (Å²) in [6, 6.07) is 7.47. The van der Waals surface area contributed by atoms with Crippen molar-refractivity contribution in [3.63, 3.8) is 0 Å². The molecule has 2 rings (SSSR count). The van der Waals surface area contributed by atoms with E-state index in [9.17, 15) is 9.90 Å². The van der Waals surface area contributed by atoms with E-state index in [1.165, 1.54) is 0 Å². The SMILES string of the molecule is CC(C)OC(=O)Cn1c(C(C)O)nc2ccccc21. The van der Waals surface area contributed by atoms with Crippen LogP contribution in [-0.2, 0) is 16.1 Å². The zero-order chi connectivity index (χ0) is 14.0. The zero-order valence-corrected chi connectivity index (χ0v) is 11.3. The third kappa shape index (κ3) is 2.93. The van der Waals surface area contributed by atoms with E-state index in [-0.39, 0.29) is 18.6 Å². The Morgan fingerprint density at radius 2 is 2.05 bits per heavy atom. The molecule has 0 amide bonds. The third-order valence-corrected chi connectivity index (χ3v) is 2.71. The molecule has 1 N–H and O–H groups in total. The highest BCUT2D eigenvalue weighted by molar-refractivity contribution is 5.79. The second-order valence-corrected chi connectivity index (χ2v) is 4.76. The molecule has 2 aromatic rings. The molecule has 1 unspecified atom stereocenters. The Balaban J connectivity index is 2.39. The minimum Gasteiger partial charge on any atom is -0.462 e. The first-order valence-corrected chi connectivity index (χ1v) is 6.31. The Morgan fingerprint density at radius 1 is 1.37 bits per heavy atom. The van der Waals surface area contributed by atoms with Crippen LogP contribution in [0.5, 0.6) is 0 Å². The second-order valence-electron chi connectivity index (χ2n) is 4.76. The molecule has 0 saturated carbocycles. The molecule has 0 spiro atoms. The van der Waals surface area contributed by atoms with Gasteiger partial charge in [-0.3, -0.25) is 4.79 Å². The lowest BCUT2D eigenvalue weighted by Gasteiger charge is -2.12. The summed E-state index contributed by atoms with van der Waals surface area (Å²) in [4.78, 5) is 16.1.